The van der Waals surface area contributed by atoms with Gasteiger partial charge in [-0.1, -0.05) is 13.8 Å². The van der Waals surface area contributed by atoms with Crippen LogP contribution >= 0.6 is 0 Å². The fraction of sp³-hybridized carbons (Fsp3) is 0.818. The van der Waals surface area contributed by atoms with Crippen molar-refractivity contribution in [2.45, 2.75) is 33.1 Å². The van der Waals surface area contributed by atoms with Gasteiger partial charge in [-0.15, -0.1) is 0 Å². The molecule has 1 aliphatic heterocycles. The maximum Gasteiger partial charge on any atom is 0.225 e. The lowest BCUT2D eigenvalue weighted by Crippen LogP contribution is -2.42. The Labute approximate surface area is 85.7 Å². The lowest BCUT2D eigenvalue weighted by atomic mass is 9.97. The van der Waals surface area contributed by atoms with E-state index in [2.05, 4.69) is 6.07 Å². The van der Waals surface area contributed by atoms with Crippen LogP contribution in [0, 0.1) is 23.2 Å². The fourth-order valence-corrected chi connectivity index (χ4v) is 1.77. The third-order valence-corrected chi connectivity index (χ3v) is 2.95. The van der Waals surface area contributed by atoms with Crippen LogP contribution in [0.5, 0.6) is 0 Å². The van der Waals surface area contributed by atoms with E-state index in [0.29, 0.717) is 6.54 Å². The molecule has 14 heavy (non-hydrogen) atoms. The highest BCUT2D eigenvalue weighted by atomic mass is 16.2. The number of rotatable bonds is 2. The molecule has 78 valence electrons. The molecule has 1 aliphatic rings. The summed E-state index contributed by atoms with van der Waals surface area (Å²) in [6.45, 7) is 5.45. The predicted molar refractivity (Wildman–Crippen MR) is 54.4 cm³/mol. The average molecular weight is 194 g/mol. The van der Waals surface area contributed by atoms with Crippen LogP contribution in [0.15, 0.2) is 0 Å². The summed E-state index contributed by atoms with van der Waals surface area (Å²) in [7, 11) is 0. The monoisotopic (exact) mass is 194 g/mol. The van der Waals surface area contributed by atoms with E-state index in [-0.39, 0.29) is 17.7 Å². The molecule has 1 amide bonds. The summed E-state index contributed by atoms with van der Waals surface area (Å²) in [5.74, 6) is 0.372. The van der Waals surface area contributed by atoms with E-state index in [9.17, 15) is 4.79 Å². The number of carbonyl (C=O) groups is 1. The molecule has 0 spiro atoms. The van der Waals surface area contributed by atoms with Gasteiger partial charge in [0.05, 0.1) is 12.0 Å². The topological polar surface area (TPSA) is 44.1 Å². The minimum absolute atomic E-state index is 0.0526. The number of hydrogen-bond donors (Lipinski definition) is 0. The van der Waals surface area contributed by atoms with Crippen LogP contribution in [-0.4, -0.2) is 23.9 Å². The van der Waals surface area contributed by atoms with Crippen molar-refractivity contribution in [3.63, 3.8) is 0 Å². The molecule has 3 heteroatoms. The van der Waals surface area contributed by atoms with Gasteiger partial charge in [0.25, 0.3) is 0 Å². The molecule has 0 aromatic heterocycles. The van der Waals surface area contributed by atoms with Crippen LogP contribution in [0.3, 0.4) is 0 Å². The highest BCUT2D eigenvalue weighted by molar-refractivity contribution is 5.78. The zero-order chi connectivity index (χ0) is 10.6. The van der Waals surface area contributed by atoms with Crippen molar-refractivity contribution in [3.05, 3.63) is 0 Å². The molecule has 1 rings (SSSR count). The number of likely N-dealkylation sites (tertiary alicyclic amines) is 1. The lowest BCUT2D eigenvalue weighted by molar-refractivity contribution is -0.136. The van der Waals surface area contributed by atoms with Gasteiger partial charge in [-0.25, -0.2) is 0 Å². The Kier molecular flexibility index (Phi) is 3.94. The van der Waals surface area contributed by atoms with Gasteiger partial charge in [-0.05, 0) is 19.3 Å². The Morgan fingerprint density at radius 3 is 3.00 bits per heavy atom. The summed E-state index contributed by atoms with van der Waals surface area (Å²) in [6, 6.07) is 2.25. The van der Waals surface area contributed by atoms with Crippen LogP contribution < -0.4 is 0 Å². The van der Waals surface area contributed by atoms with Crippen molar-refractivity contribution >= 4 is 5.91 Å². The number of amides is 1. The molecule has 0 aliphatic carbocycles. The minimum Gasteiger partial charge on any atom is -0.341 e. The number of hydrogen-bond acceptors (Lipinski definition) is 2. The second-order valence-electron chi connectivity index (χ2n) is 4.06. The van der Waals surface area contributed by atoms with Crippen molar-refractivity contribution in [2.75, 3.05) is 13.1 Å². The van der Waals surface area contributed by atoms with Crippen LogP contribution in [0.2, 0.25) is 0 Å². The van der Waals surface area contributed by atoms with Gasteiger partial charge >= 0.3 is 0 Å². The van der Waals surface area contributed by atoms with Crippen LogP contribution in [0.25, 0.3) is 0 Å². The summed E-state index contributed by atoms with van der Waals surface area (Å²) in [5.41, 5.74) is 0. The minimum atomic E-state index is 0.0526. The Morgan fingerprint density at radius 2 is 2.43 bits per heavy atom. The van der Waals surface area contributed by atoms with Crippen molar-refractivity contribution in [1.29, 1.82) is 5.26 Å². The normalized spacial score (nSPS) is 24.1. The molecule has 1 saturated heterocycles. The third kappa shape index (κ3) is 2.47. The summed E-state index contributed by atoms with van der Waals surface area (Å²) < 4.78 is 0. The standard InChI is InChI=1S/C11H18N2O/c1-3-9(2)11(14)13-6-4-5-10(7-12)8-13/h9-10H,3-6,8H2,1-2H3. The maximum atomic E-state index is 11.8. The number of nitrogens with zero attached hydrogens (tertiary/aromatic N) is 2. The van der Waals surface area contributed by atoms with Crippen molar-refractivity contribution in [2.24, 2.45) is 11.8 Å². The fourth-order valence-electron chi connectivity index (χ4n) is 1.77. The highest BCUT2D eigenvalue weighted by Crippen LogP contribution is 2.18. The van der Waals surface area contributed by atoms with Gasteiger partial charge in [-0.3, -0.25) is 4.79 Å². The highest BCUT2D eigenvalue weighted by Gasteiger charge is 2.25. The van der Waals surface area contributed by atoms with Crippen LogP contribution in [-0.2, 0) is 4.79 Å². The van der Waals surface area contributed by atoms with E-state index in [1.54, 1.807) is 0 Å². The quantitative estimate of drug-likeness (QED) is 0.672. The largest absolute Gasteiger partial charge is 0.341 e. The predicted octanol–water partition coefficient (Wildman–Crippen LogP) is 1.79. The summed E-state index contributed by atoms with van der Waals surface area (Å²) >= 11 is 0. The van der Waals surface area contributed by atoms with Gasteiger partial charge < -0.3 is 4.90 Å². The molecule has 0 radical (unpaired) electrons. The molecule has 0 aromatic carbocycles. The SMILES string of the molecule is CCC(C)C(=O)N1CCCC(C#N)C1. The molecular weight excluding hydrogens is 176 g/mol. The van der Waals surface area contributed by atoms with E-state index in [1.165, 1.54) is 0 Å². The summed E-state index contributed by atoms with van der Waals surface area (Å²) in [5, 5.41) is 8.80. The number of nitriles is 1. The second-order valence-corrected chi connectivity index (χ2v) is 4.06. The van der Waals surface area contributed by atoms with E-state index in [1.807, 2.05) is 18.7 Å². The average Bonchev–Trinajstić information content (AvgIpc) is 2.27. The lowest BCUT2D eigenvalue weighted by Gasteiger charge is -2.31. The first-order valence-corrected chi connectivity index (χ1v) is 5.37. The summed E-state index contributed by atoms with van der Waals surface area (Å²) in [6.07, 6.45) is 2.80. The first-order chi connectivity index (χ1) is 6.69. The molecule has 0 bridgehead atoms. The summed E-state index contributed by atoms with van der Waals surface area (Å²) in [4.78, 5) is 13.7. The maximum absolute atomic E-state index is 11.8. The Bertz CT molecular complexity index is 244. The zero-order valence-electron chi connectivity index (χ0n) is 8.99. The Balaban J connectivity index is 2.52. The molecule has 0 aromatic rings. The van der Waals surface area contributed by atoms with Gasteiger partial charge in [-0.2, -0.15) is 5.26 Å². The molecule has 2 atom stereocenters. The van der Waals surface area contributed by atoms with Crippen LogP contribution in [0.1, 0.15) is 33.1 Å². The van der Waals surface area contributed by atoms with E-state index in [4.69, 9.17) is 5.26 Å². The van der Waals surface area contributed by atoms with Gasteiger partial charge in [0.2, 0.25) is 5.91 Å². The van der Waals surface area contributed by atoms with Crippen molar-refractivity contribution in [1.82, 2.24) is 4.90 Å². The first-order valence-electron chi connectivity index (χ1n) is 5.37. The molecule has 3 nitrogen and oxygen atoms in total. The molecule has 1 fully saturated rings. The van der Waals surface area contributed by atoms with E-state index >= 15 is 0 Å². The molecule has 1 heterocycles. The van der Waals surface area contributed by atoms with Crippen LogP contribution in [0.4, 0.5) is 0 Å². The van der Waals surface area contributed by atoms with E-state index < -0.39 is 0 Å². The Hall–Kier alpha value is -1.04. The van der Waals surface area contributed by atoms with Crippen molar-refractivity contribution in [3.8, 4) is 6.07 Å². The molecule has 0 saturated carbocycles. The van der Waals surface area contributed by atoms with E-state index in [0.717, 1.165) is 25.8 Å². The van der Waals surface area contributed by atoms with Gasteiger partial charge in [0.15, 0.2) is 0 Å². The van der Waals surface area contributed by atoms with Gasteiger partial charge in [0.1, 0.15) is 0 Å². The molecule has 2 unspecified atom stereocenters. The molecular formula is C11H18N2O. The number of carbonyl (C=O) groups excluding carboxylic acids is 1. The van der Waals surface area contributed by atoms with Gasteiger partial charge in [0, 0.05) is 19.0 Å². The third-order valence-electron chi connectivity index (χ3n) is 2.95. The molecule has 0 N–H and O–H groups in total. The first kappa shape index (κ1) is 11.0. The Morgan fingerprint density at radius 1 is 1.71 bits per heavy atom. The zero-order valence-corrected chi connectivity index (χ0v) is 8.99. The van der Waals surface area contributed by atoms with Crippen molar-refractivity contribution < 1.29 is 4.79 Å². The number of piperidine rings is 1. The smallest absolute Gasteiger partial charge is 0.225 e. The second kappa shape index (κ2) is 4.99.